The van der Waals surface area contributed by atoms with Crippen molar-refractivity contribution in [2.24, 2.45) is 5.73 Å². The summed E-state index contributed by atoms with van der Waals surface area (Å²) in [6, 6.07) is 6.05. The number of benzene rings is 1. The fourth-order valence-corrected chi connectivity index (χ4v) is 2.72. The van der Waals surface area contributed by atoms with Crippen molar-refractivity contribution in [3.8, 4) is 11.5 Å². The van der Waals surface area contributed by atoms with Crippen molar-refractivity contribution in [1.82, 2.24) is 5.32 Å². The average Bonchev–Trinajstić information content (AvgIpc) is 3.25. The predicted molar refractivity (Wildman–Crippen MR) is 113 cm³/mol. The third-order valence-electron chi connectivity index (χ3n) is 4.29. The highest BCUT2D eigenvalue weighted by molar-refractivity contribution is 6.08. The minimum Gasteiger partial charge on any atom is -0.493 e. The van der Waals surface area contributed by atoms with E-state index in [0.29, 0.717) is 18.0 Å². The summed E-state index contributed by atoms with van der Waals surface area (Å²) in [6.45, 7) is 2.40. The molecule has 0 bridgehead atoms. The zero-order valence-electron chi connectivity index (χ0n) is 16.8. The molecule has 2 aromatic rings. The summed E-state index contributed by atoms with van der Waals surface area (Å²) in [7, 11) is 2.95. The number of rotatable bonds is 10. The van der Waals surface area contributed by atoms with E-state index in [0.717, 1.165) is 19.3 Å². The highest BCUT2D eigenvalue weighted by atomic mass is 35.5. The molecule has 29 heavy (non-hydrogen) atoms. The second-order valence-electron chi connectivity index (χ2n) is 6.23. The van der Waals surface area contributed by atoms with E-state index in [1.807, 2.05) is 0 Å². The van der Waals surface area contributed by atoms with E-state index in [1.165, 1.54) is 38.7 Å². The summed E-state index contributed by atoms with van der Waals surface area (Å²) in [4.78, 5) is 25.3. The maximum absolute atomic E-state index is 12.9. The molecule has 160 valence electrons. The van der Waals surface area contributed by atoms with Crippen molar-refractivity contribution < 1.29 is 23.5 Å². The summed E-state index contributed by atoms with van der Waals surface area (Å²) >= 11 is 0. The number of carbonyl (C=O) groups is 2. The van der Waals surface area contributed by atoms with Gasteiger partial charge < -0.3 is 30.3 Å². The number of anilines is 1. The lowest BCUT2D eigenvalue weighted by Gasteiger charge is -2.19. The van der Waals surface area contributed by atoms with Gasteiger partial charge >= 0.3 is 0 Å². The number of unbranched alkanes of at least 4 members (excludes halogenated alkanes) is 1. The first-order valence-corrected chi connectivity index (χ1v) is 9.15. The van der Waals surface area contributed by atoms with Crippen LogP contribution in [0.4, 0.5) is 5.69 Å². The molecule has 0 fully saturated rings. The smallest absolute Gasteiger partial charge is 0.291 e. The summed E-state index contributed by atoms with van der Waals surface area (Å²) in [5.74, 6) is 0.0514. The van der Waals surface area contributed by atoms with Crippen LogP contribution in [0, 0.1) is 0 Å². The Balaban J connectivity index is 0.00000420. The molecule has 1 aromatic carbocycles. The summed E-state index contributed by atoms with van der Waals surface area (Å²) in [6.07, 6.45) is 4.14. The van der Waals surface area contributed by atoms with Crippen molar-refractivity contribution in [2.75, 3.05) is 26.1 Å². The molecule has 8 nitrogen and oxygen atoms in total. The first-order chi connectivity index (χ1) is 13.5. The molecule has 0 saturated carbocycles. The van der Waals surface area contributed by atoms with E-state index in [2.05, 4.69) is 17.6 Å². The molecule has 0 saturated heterocycles. The Hall–Kier alpha value is -2.71. The SMILES string of the molecule is CCCCC(CN)NC(=O)c1cc(OC)c(OC)cc1NC(=O)c1ccco1.Cl. The summed E-state index contributed by atoms with van der Waals surface area (Å²) in [5, 5.41) is 5.61. The minimum atomic E-state index is -0.479. The van der Waals surface area contributed by atoms with Crippen LogP contribution in [0.2, 0.25) is 0 Å². The number of halogens is 1. The number of furan rings is 1. The maximum Gasteiger partial charge on any atom is 0.291 e. The van der Waals surface area contributed by atoms with Gasteiger partial charge in [-0.05, 0) is 24.6 Å². The fourth-order valence-electron chi connectivity index (χ4n) is 2.72. The number of carbonyl (C=O) groups excluding carboxylic acids is 2. The normalized spacial score (nSPS) is 11.2. The van der Waals surface area contributed by atoms with E-state index in [1.54, 1.807) is 6.07 Å². The van der Waals surface area contributed by atoms with Crippen LogP contribution in [0.15, 0.2) is 34.9 Å². The Kier molecular flexibility index (Phi) is 10.1. The molecule has 0 spiro atoms. The molecule has 9 heteroatoms. The van der Waals surface area contributed by atoms with E-state index < -0.39 is 5.91 Å². The molecule has 0 aliphatic carbocycles. The number of hydrogen-bond donors (Lipinski definition) is 3. The largest absolute Gasteiger partial charge is 0.493 e. The maximum atomic E-state index is 12.9. The van der Waals surface area contributed by atoms with Crippen LogP contribution in [-0.2, 0) is 0 Å². The standard InChI is InChI=1S/C20H27N3O5.ClH/c1-4-5-7-13(12-21)22-19(24)14-10-17(26-2)18(27-3)11-15(14)23-20(25)16-8-6-9-28-16;/h6,8-11,13H,4-5,7,12,21H2,1-3H3,(H,22,24)(H,23,25);1H. The predicted octanol–water partition coefficient (Wildman–Crippen LogP) is 3.22. The Labute approximate surface area is 176 Å². The zero-order chi connectivity index (χ0) is 20.5. The van der Waals surface area contributed by atoms with E-state index in [-0.39, 0.29) is 41.4 Å². The number of hydrogen-bond acceptors (Lipinski definition) is 6. The van der Waals surface area contributed by atoms with Gasteiger partial charge in [-0.15, -0.1) is 12.4 Å². The van der Waals surface area contributed by atoms with Gasteiger partial charge in [-0.1, -0.05) is 19.8 Å². The van der Waals surface area contributed by atoms with Crippen molar-refractivity contribution in [3.63, 3.8) is 0 Å². The van der Waals surface area contributed by atoms with Crippen LogP contribution >= 0.6 is 12.4 Å². The van der Waals surface area contributed by atoms with Crippen LogP contribution in [-0.4, -0.2) is 38.6 Å². The topological polar surface area (TPSA) is 116 Å². The van der Waals surface area contributed by atoms with Crippen LogP contribution in [0.5, 0.6) is 11.5 Å². The van der Waals surface area contributed by atoms with E-state index >= 15 is 0 Å². The third-order valence-corrected chi connectivity index (χ3v) is 4.29. The number of methoxy groups -OCH3 is 2. The Morgan fingerprint density at radius 1 is 1.17 bits per heavy atom. The molecule has 4 N–H and O–H groups in total. The van der Waals surface area contributed by atoms with Crippen molar-refractivity contribution in [3.05, 3.63) is 41.9 Å². The Bertz CT molecular complexity index is 796. The minimum absolute atomic E-state index is 0. The highest BCUT2D eigenvalue weighted by Gasteiger charge is 2.21. The first kappa shape index (κ1) is 24.3. The van der Waals surface area contributed by atoms with Crippen molar-refractivity contribution >= 4 is 29.9 Å². The van der Waals surface area contributed by atoms with Crippen LogP contribution in [0.3, 0.4) is 0 Å². The number of nitrogens with two attached hydrogens (primary N) is 1. The lowest BCUT2D eigenvalue weighted by molar-refractivity contribution is 0.0936. The third kappa shape index (κ3) is 6.40. The second-order valence-corrected chi connectivity index (χ2v) is 6.23. The first-order valence-electron chi connectivity index (χ1n) is 9.15. The van der Waals surface area contributed by atoms with E-state index in [4.69, 9.17) is 19.6 Å². The molecule has 0 radical (unpaired) electrons. The molecule has 2 rings (SSSR count). The quantitative estimate of drug-likeness (QED) is 0.538. The van der Waals surface area contributed by atoms with Gasteiger partial charge in [-0.2, -0.15) is 0 Å². The van der Waals surface area contributed by atoms with Gasteiger partial charge in [0.25, 0.3) is 11.8 Å². The lowest BCUT2D eigenvalue weighted by Crippen LogP contribution is -2.40. The Morgan fingerprint density at radius 2 is 1.86 bits per heavy atom. The van der Waals surface area contributed by atoms with Crippen LogP contribution in [0.1, 0.15) is 47.1 Å². The van der Waals surface area contributed by atoms with Crippen LogP contribution < -0.4 is 25.8 Å². The van der Waals surface area contributed by atoms with Gasteiger partial charge in [-0.25, -0.2) is 0 Å². The Morgan fingerprint density at radius 3 is 2.41 bits per heavy atom. The van der Waals surface area contributed by atoms with Gasteiger partial charge in [0.15, 0.2) is 17.3 Å². The molecule has 2 amide bonds. The van der Waals surface area contributed by atoms with Crippen molar-refractivity contribution in [2.45, 2.75) is 32.2 Å². The highest BCUT2D eigenvalue weighted by Crippen LogP contribution is 2.33. The summed E-state index contributed by atoms with van der Waals surface area (Å²) < 4.78 is 15.7. The number of nitrogens with one attached hydrogen (secondary N) is 2. The molecule has 1 aromatic heterocycles. The number of ether oxygens (including phenoxy) is 2. The fraction of sp³-hybridized carbons (Fsp3) is 0.400. The van der Waals surface area contributed by atoms with Crippen LogP contribution in [0.25, 0.3) is 0 Å². The van der Waals surface area contributed by atoms with Crippen molar-refractivity contribution in [1.29, 1.82) is 0 Å². The van der Waals surface area contributed by atoms with Gasteiger partial charge in [0, 0.05) is 18.7 Å². The monoisotopic (exact) mass is 425 g/mol. The molecule has 1 heterocycles. The van der Waals surface area contributed by atoms with Gasteiger partial charge in [0.05, 0.1) is 31.7 Å². The molecular weight excluding hydrogens is 398 g/mol. The summed E-state index contributed by atoms with van der Waals surface area (Å²) in [5.41, 5.74) is 6.31. The van der Waals surface area contributed by atoms with Gasteiger partial charge in [0.2, 0.25) is 0 Å². The van der Waals surface area contributed by atoms with E-state index in [9.17, 15) is 9.59 Å². The molecule has 0 aliphatic rings. The van der Waals surface area contributed by atoms with Gasteiger partial charge in [-0.3, -0.25) is 9.59 Å². The lowest BCUT2D eigenvalue weighted by atomic mass is 10.1. The molecule has 0 aliphatic heterocycles. The second kappa shape index (κ2) is 12.0. The number of amides is 2. The molecule has 1 atom stereocenters. The molecule has 1 unspecified atom stereocenters. The molecular formula is C20H28ClN3O5. The zero-order valence-corrected chi connectivity index (χ0v) is 17.6. The average molecular weight is 426 g/mol. The van der Waals surface area contributed by atoms with Gasteiger partial charge in [0.1, 0.15) is 0 Å².